The summed E-state index contributed by atoms with van der Waals surface area (Å²) in [7, 11) is -9.72. The Labute approximate surface area is 359 Å². The van der Waals surface area contributed by atoms with Crippen LogP contribution >= 0.6 is 15.6 Å². The minimum absolute atomic E-state index is 0.0227. The summed E-state index contributed by atoms with van der Waals surface area (Å²) in [6.07, 6.45) is 40.5. The van der Waals surface area contributed by atoms with E-state index in [1.165, 1.54) is 25.7 Å². The van der Waals surface area contributed by atoms with Crippen molar-refractivity contribution in [2.24, 2.45) is 0 Å². The number of allylic oxidation sites excluding steroid dienone is 12. The monoisotopic (exact) mass is 888 g/mol. The number of aliphatic hydroxyl groups excluding tert-OH is 2. The maximum Gasteiger partial charge on any atom is 0.472 e. The van der Waals surface area contributed by atoms with Crippen LogP contribution in [0.5, 0.6) is 0 Å². The van der Waals surface area contributed by atoms with Crippen molar-refractivity contribution in [3.05, 3.63) is 85.1 Å². The van der Waals surface area contributed by atoms with Crippen molar-refractivity contribution in [3.63, 3.8) is 0 Å². The molecule has 0 saturated heterocycles. The smallest absolute Gasteiger partial charge is 0.462 e. The van der Waals surface area contributed by atoms with Crippen molar-refractivity contribution in [2.45, 2.75) is 154 Å². The molecule has 0 aliphatic heterocycles. The van der Waals surface area contributed by atoms with Crippen LogP contribution < -0.4 is 0 Å². The summed E-state index contributed by atoms with van der Waals surface area (Å²) >= 11 is 0. The molecule has 4 atom stereocenters. The van der Waals surface area contributed by atoms with Crippen LogP contribution in [-0.2, 0) is 41.8 Å². The molecular weight excluding hydrogens is 814 g/mol. The topological polar surface area (TPSA) is 216 Å². The summed E-state index contributed by atoms with van der Waals surface area (Å²) in [5, 5.41) is 19.7. The lowest BCUT2D eigenvalue weighted by atomic mass is 10.1. The van der Waals surface area contributed by atoms with Crippen LogP contribution in [0.4, 0.5) is 0 Å². The second-order valence-corrected chi connectivity index (χ2v) is 16.8. The zero-order valence-electron chi connectivity index (χ0n) is 35.9. The number of unbranched alkanes of at least 4 members (excludes halogenated alkanes) is 9. The number of carbonyl (C=O) groups is 2. The third kappa shape index (κ3) is 42.0. The fourth-order valence-electron chi connectivity index (χ4n) is 5.10. The van der Waals surface area contributed by atoms with Crippen molar-refractivity contribution < 1.29 is 66.7 Å². The van der Waals surface area contributed by atoms with Crippen LogP contribution in [0.3, 0.4) is 0 Å². The Hall–Kier alpha value is -2.74. The number of aliphatic hydroxyl groups is 2. The van der Waals surface area contributed by atoms with E-state index in [4.69, 9.17) is 23.8 Å². The highest BCUT2D eigenvalue weighted by molar-refractivity contribution is 7.47. The number of ether oxygens (including phenoxy) is 2. The number of hydrogen-bond donors (Lipinski definition) is 5. The fourth-order valence-corrected chi connectivity index (χ4v) is 6.25. The number of rotatable bonds is 39. The maximum absolute atomic E-state index is 12.6. The van der Waals surface area contributed by atoms with Crippen molar-refractivity contribution in [1.29, 1.82) is 0 Å². The van der Waals surface area contributed by atoms with Gasteiger partial charge in [0.1, 0.15) is 12.7 Å². The Morgan fingerprint density at radius 2 is 1.13 bits per heavy atom. The van der Waals surface area contributed by atoms with E-state index in [1.807, 2.05) is 54.7 Å². The van der Waals surface area contributed by atoms with Gasteiger partial charge in [0.25, 0.3) is 0 Å². The van der Waals surface area contributed by atoms with Crippen LogP contribution in [-0.4, -0.2) is 81.6 Å². The van der Waals surface area contributed by atoms with Crippen LogP contribution in [0, 0.1) is 0 Å². The van der Waals surface area contributed by atoms with Gasteiger partial charge in [0.2, 0.25) is 0 Å². The van der Waals surface area contributed by atoms with Gasteiger partial charge in [-0.15, -0.1) is 0 Å². The molecule has 0 heterocycles. The third-order valence-electron chi connectivity index (χ3n) is 8.35. The van der Waals surface area contributed by atoms with Crippen molar-refractivity contribution in [1.82, 2.24) is 0 Å². The molecule has 344 valence electrons. The Balaban J connectivity index is 4.74. The van der Waals surface area contributed by atoms with E-state index in [-0.39, 0.29) is 12.8 Å². The number of hydrogen-bond acceptors (Lipinski definition) is 11. The first-order chi connectivity index (χ1) is 28.8. The van der Waals surface area contributed by atoms with Crippen molar-refractivity contribution in [2.75, 3.05) is 26.4 Å². The fraction of sp³-hybridized carbons (Fsp3) is 0.636. The summed E-state index contributed by atoms with van der Waals surface area (Å²) in [5.74, 6) is -1.18. The van der Waals surface area contributed by atoms with Gasteiger partial charge >= 0.3 is 27.6 Å². The highest BCUT2D eigenvalue weighted by Crippen LogP contribution is 2.43. The third-order valence-corrected chi connectivity index (χ3v) is 9.79. The Morgan fingerprint density at radius 1 is 0.567 bits per heavy atom. The van der Waals surface area contributed by atoms with E-state index in [0.717, 1.165) is 51.4 Å². The van der Waals surface area contributed by atoms with E-state index in [9.17, 15) is 33.8 Å². The molecule has 0 amide bonds. The predicted octanol–water partition coefficient (Wildman–Crippen LogP) is 9.75. The molecule has 0 saturated carbocycles. The van der Waals surface area contributed by atoms with Crippen LogP contribution in [0.25, 0.3) is 0 Å². The van der Waals surface area contributed by atoms with Gasteiger partial charge in [-0.1, -0.05) is 137 Å². The summed E-state index contributed by atoms with van der Waals surface area (Å²) in [4.78, 5) is 52.6. The lowest BCUT2D eigenvalue weighted by Crippen LogP contribution is -2.29. The highest BCUT2D eigenvalue weighted by atomic mass is 31.2. The van der Waals surface area contributed by atoms with E-state index >= 15 is 0 Å². The van der Waals surface area contributed by atoms with Crippen LogP contribution in [0.1, 0.15) is 136 Å². The predicted molar refractivity (Wildman–Crippen MR) is 236 cm³/mol. The zero-order valence-corrected chi connectivity index (χ0v) is 37.7. The minimum atomic E-state index is -4.88. The molecule has 2 unspecified atom stereocenters. The number of esters is 2. The van der Waals surface area contributed by atoms with Crippen molar-refractivity contribution in [3.8, 4) is 0 Å². The van der Waals surface area contributed by atoms with Gasteiger partial charge in [-0.2, -0.15) is 0 Å². The van der Waals surface area contributed by atoms with Gasteiger partial charge in [-0.25, -0.2) is 9.13 Å². The minimum Gasteiger partial charge on any atom is -0.462 e. The number of phosphoric acid groups is 2. The quantitative estimate of drug-likeness (QED) is 0.0128. The lowest BCUT2D eigenvalue weighted by Gasteiger charge is -2.20. The maximum atomic E-state index is 12.6. The average Bonchev–Trinajstić information content (AvgIpc) is 3.20. The SMILES string of the molecule is CC/C=C\C/C=C\CC(O)/C=C/C=C\C/C=C\C/C=C\CCC(=O)O[C@H](COC(=O)CCCCCCC/C=C\CCCCCC)COP(=O)(O)OC[C@@H](O)COP(=O)(O)O. The Bertz CT molecular complexity index is 1400. The first-order valence-corrected chi connectivity index (χ1v) is 24.4. The van der Waals surface area contributed by atoms with Crippen molar-refractivity contribution >= 4 is 27.6 Å². The summed E-state index contributed by atoms with van der Waals surface area (Å²) in [6, 6.07) is 0. The molecule has 0 bridgehead atoms. The summed E-state index contributed by atoms with van der Waals surface area (Å²) in [5.41, 5.74) is 0. The van der Waals surface area contributed by atoms with Gasteiger partial charge in [-0.3, -0.25) is 23.2 Å². The van der Waals surface area contributed by atoms with Gasteiger partial charge in [0, 0.05) is 12.8 Å². The van der Waals surface area contributed by atoms with Gasteiger partial charge in [-0.05, 0) is 70.6 Å². The lowest BCUT2D eigenvalue weighted by molar-refractivity contribution is -0.161. The molecule has 0 radical (unpaired) electrons. The molecule has 0 aliphatic rings. The highest BCUT2D eigenvalue weighted by Gasteiger charge is 2.28. The van der Waals surface area contributed by atoms with Crippen LogP contribution in [0.2, 0.25) is 0 Å². The first-order valence-electron chi connectivity index (χ1n) is 21.4. The Kier molecular flexibility index (Phi) is 37.3. The Morgan fingerprint density at radius 3 is 1.82 bits per heavy atom. The molecule has 0 aromatic carbocycles. The molecule has 16 heteroatoms. The first kappa shape index (κ1) is 57.3. The largest absolute Gasteiger partial charge is 0.472 e. The molecule has 0 aromatic heterocycles. The molecule has 0 aromatic rings. The summed E-state index contributed by atoms with van der Waals surface area (Å²) < 4.78 is 47.6. The molecule has 0 aliphatic carbocycles. The second-order valence-electron chi connectivity index (χ2n) is 14.1. The zero-order chi connectivity index (χ0) is 44.6. The molecule has 14 nitrogen and oxygen atoms in total. The number of phosphoric ester groups is 2. The molecule has 60 heavy (non-hydrogen) atoms. The van der Waals surface area contributed by atoms with E-state index in [1.54, 1.807) is 6.08 Å². The van der Waals surface area contributed by atoms with Gasteiger partial charge < -0.3 is 34.4 Å². The van der Waals surface area contributed by atoms with Gasteiger partial charge in [0.15, 0.2) is 6.10 Å². The molecule has 0 rings (SSSR count). The van der Waals surface area contributed by atoms with Gasteiger partial charge in [0.05, 0.1) is 25.9 Å². The number of carbonyl (C=O) groups excluding carboxylic acids is 2. The molecule has 5 N–H and O–H groups in total. The average molecular weight is 889 g/mol. The summed E-state index contributed by atoms with van der Waals surface area (Å²) in [6.45, 7) is 1.43. The standard InChI is InChI=1S/C44H74O14P2/c1-3-5-7-9-11-12-13-14-15-19-22-26-30-34-43(47)54-38-42(39-57-60(52,53)56-37-41(46)36-55-59(49,50)51)58-44(48)35-31-27-23-20-17-16-18-21-25-29-33-40(45)32-28-24-10-8-6-4-2/h6,8,12-13,16-17,21,23-25,27-29,33,40-42,45-46H,3-5,7,9-11,14-15,18-20,22,26,30-32,34-39H2,1-2H3,(H,52,53)(H2,49,50,51)/b8-6-,13-12-,17-16-,25-21-,27-23-,28-24-,33-29+/t40?,41-,42+/m0/s1. The van der Waals surface area contributed by atoms with Crippen LogP contribution in [0.15, 0.2) is 85.1 Å². The molecule has 0 spiro atoms. The molecular formula is C44H74O14P2. The van der Waals surface area contributed by atoms with E-state index in [0.29, 0.717) is 32.1 Å². The second kappa shape index (κ2) is 39.1. The molecule has 0 fully saturated rings. The van der Waals surface area contributed by atoms with E-state index < -0.39 is 72.3 Å². The van der Waals surface area contributed by atoms with E-state index in [2.05, 4.69) is 47.2 Å². The normalized spacial score (nSPS) is 15.4.